The number of anilines is 1. The molecule has 5 nitrogen and oxygen atoms in total. The Morgan fingerprint density at radius 1 is 1.35 bits per heavy atom. The lowest BCUT2D eigenvalue weighted by molar-refractivity contribution is 0.0626. The minimum atomic E-state index is -3.52. The summed E-state index contributed by atoms with van der Waals surface area (Å²) < 4.78 is 32.6. The van der Waals surface area contributed by atoms with Crippen molar-refractivity contribution in [3.63, 3.8) is 0 Å². The van der Waals surface area contributed by atoms with E-state index in [9.17, 15) is 8.42 Å². The number of nitrogen functional groups attached to an aromatic ring is 1. The quantitative estimate of drug-likeness (QED) is 0.620. The van der Waals surface area contributed by atoms with Gasteiger partial charge in [-0.2, -0.15) is 0 Å². The topological polar surface area (TPSA) is 81.4 Å². The van der Waals surface area contributed by atoms with Crippen LogP contribution in [0.3, 0.4) is 0 Å². The maximum atomic E-state index is 12.2. The maximum absolute atomic E-state index is 12.2. The number of ether oxygens (including phenoxy) is 1. The molecule has 1 aliphatic rings. The molecule has 3 N–H and O–H groups in total. The molecule has 112 valence electrons. The lowest BCUT2D eigenvalue weighted by atomic mass is 10.2. The van der Waals surface area contributed by atoms with E-state index in [0.717, 1.165) is 12.8 Å². The molecule has 0 amide bonds. The third-order valence-electron chi connectivity index (χ3n) is 3.67. The molecule has 1 fully saturated rings. The molecule has 0 aliphatic heterocycles. The molecule has 0 unspecified atom stereocenters. The summed E-state index contributed by atoms with van der Waals surface area (Å²) in [5.41, 5.74) is 6.80. The minimum absolute atomic E-state index is 0.235. The molecule has 1 saturated carbocycles. The van der Waals surface area contributed by atoms with Gasteiger partial charge in [-0.05, 0) is 37.5 Å². The first-order valence-electron chi connectivity index (χ1n) is 6.97. The zero-order chi connectivity index (χ0) is 14.6. The average Bonchev–Trinajstić information content (AvgIpc) is 2.91. The lowest BCUT2D eigenvalue weighted by Gasteiger charge is -2.13. The lowest BCUT2D eigenvalue weighted by Crippen LogP contribution is -2.29. The molecule has 1 aromatic rings. The van der Waals surface area contributed by atoms with Gasteiger partial charge in [-0.25, -0.2) is 13.1 Å². The number of benzene rings is 1. The first-order valence-corrected chi connectivity index (χ1v) is 8.45. The third-order valence-corrected chi connectivity index (χ3v) is 5.27. The van der Waals surface area contributed by atoms with E-state index >= 15 is 0 Å². The van der Waals surface area contributed by atoms with Gasteiger partial charge < -0.3 is 10.5 Å². The van der Waals surface area contributed by atoms with Crippen LogP contribution in [0.15, 0.2) is 23.1 Å². The van der Waals surface area contributed by atoms with Crippen molar-refractivity contribution in [2.24, 2.45) is 0 Å². The highest BCUT2D eigenvalue weighted by molar-refractivity contribution is 7.89. The SMILES string of the molecule is Cc1c(N)cccc1S(=O)(=O)NCCOC1CCCC1. The second-order valence-corrected chi connectivity index (χ2v) is 6.88. The van der Waals surface area contributed by atoms with E-state index in [1.165, 1.54) is 12.8 Å². The summed E-state index contributed by atoms with van der Waals surface area (Å²) in [5, 5.41) is 0. The maximum Gasteiger partial charge on any atom is 0.240 e. The molecule has 1 aromatic carbocycles. The molecule has 0 spiro atoms. The zero-order valence-corrected chi connectivity index (χ0v) is 12.6. The second kappa shape index (κ2) is 6.56. The number of rotatable bonds is 6. The summed E-state index contributed by atoms with van der Waals surface area (Å²) in [5.74, 6) is 0. The van der Waals surface area contributed by atoms with Crippen molar-refractivity contribution in [1.29, 1.82) is 0 Å². The van der Waals surface area contributed by atoms with Crippen molar-refractivity contribution in [2.75, 3.05) is 18.9 Å². The number of sulfonamides is 1. The summed E-state index contributed by atoms with van der Waals surface area (Å²) >= 11 is 0. The van der Waals surface area contributed by atoms with E-state index in [-0.39, 0.29) is 11.4 Å². The summed E-state index contributed by atoms with van der Waals surface area (Å²) in [6, 6.07) is 4.90. The van der Waals surface area contributed by atoms with Gasteiger partial charge in [0.2, 0.25) is 10.0 Å². The fraction of sp³-hybridized carbons (Fsp3) is 0.571. The molecule has 0 aromatic heterocycles. The highest BCUT2D eigenvalue weighted by atomic mass is 32.2. The van der Waals surface area contributed by atoms with Gasteiger partial charge in [0.25, 0.3) is 0 Å². The molecule has 0 bridgehead atoms. The summed E-state index contributed by atoms with van der Waals surface area (Å²) in [6.45, 7) is 2.40. The smallest absolute Gasteiger partial charge is 0.240 e. The van der Waals surface area contributed by atoms with E-state index in [4.69, 9.17) is 10.5 Å². The highest BCUT2D eigenvalue weighted by Crippen LogP contribution is 2.21. The number of hydrogen-bond donors (Lipinski definition) is 2. The van der Waals surface area contributed by atoms with Gasteiger partial charge in [0.1, 0.15) is 0 Å². The van der Waals surface area contributed by atoms with Crippen LogP contribution in [0.5, 0.6) is 0 Å². The van der Waals surface area contributed by atoms with Gasteiger partial charge in [-0.1, -0.05) is 18.9 Å². The molecule has 0 radical (unpaired) electrons. The van der Waals surface area contributed by atoms with Crippen molar-refractivity contribution >= 4 is 15.7 Å². The van der Waals surface area contributed by atoms with Crippen molar-refractivity contribution < 1.29 is 13.2 Å². The van der Waals surface area contributed by atoms with E-state index < -0.39 is 10.0 Å². The van der Waals surface area contributed by atoms with Gasteiger partial charge in [0.05, 0.1) is 17.6 Å². The number of nitrogens with two attached hydrogens (primary N) is 1. The Kier molecular flexibility index (Phi) is 5.01. The Hall–Kier alpha value is -1.11. The van der Waals surface area contributed by atoms with Gasteiger partial charge in [-0.3, -0.25) is 0 Å². The van der Waals surface area contributed by atoms with Crippen LogP contribution in [-0.2, 0) is 14.8 Å². The highest BCUT2D eigenvalue weighted by Gasteiger charge is 2.18. The van der Waals surface area contributed by atoms with Gasteiger partial charge in [0.15, 0.2) is 0 Å². The fourth-order valence-electron chi connectivity index (χ4n) is 2.46. The Bertz CT molecular complexity index is 552. The molecule has 2 rings (SSSR count). The second-order valence-electron chi connectivity index (χ2n) is 5.15. The largest absolute Gasteiger partial charge is 0.398 e. The van der Waals surface area contributed by atoms with E-state index in [1.54, 1.807) is 25.1 Å². The van der Waals surface area contributed by atoms with Crippen molar-refractivity contribution in [1.82, 2.24) is 4.72 Å². The van der Waals surface area contributed by atoms with Crippen molar-refractivity contribution in [2.45, 2.75) is 43.6 Å². The van der Waals surface area contributed by atoms with Crippen LogP contribution in [0, 0.1) is 6.92 Å². The molecule has 0 saturated heterocycles. The van der Waals surface area contributed by atoms with E-state index in [2.05, 4.69) is 4.72 Å². The standard InChI is InChI=1S/C14H22N2O3S/c1-11-13(15)7-4-8-14(11)20(17,18)16-9-10-19-12-5-2-3-6-12/h4,7-8,12,16H,2-3,5-6,9-10,15H2,1H3. The first kappa shape index (κ1) is 15.3. The Morgan fingerprint density at radius 2 is 2.05 bits per heavy atom. The Labute approximate surface area is 120 Å². The van der Waals surface area contributed by atoms with Gasteiger partial charge in [0, 0.05) is 12.2 Å². The normalized spacial score (nSPS) is 16.6. The molecule has 6 heteroatoms. The predicted molar refractivity (Wildman–Crippen MR) is 79.0 cm³/mol. The van der Waals surface area contributed by atoms with E-state index in [0.29, 0.717) is 24.0 Å². The monoisotopic (exact) mass is 298 g/mol. The van der Waals surface area contributed by atoms with E-state index in [1.807, 2.05) is 0 Å². The van der Waals surface area contributed by atoms with Crippen molar-refractivity contribution in [3.8, 4) is 0 Å². The van der Waals surface area contributed by atoms with Crippen LogP contribution in [-0.4, -0.2) is 27.7 Å². The van der Waals surface area contributed by atoms with Gasteiger partial charge >= 0.3 is 0 Å². The van der Waals surface area contributed by atoms with Crippen LogP contribution in [0.1, 0.15) is 31.2 Å². The predicted octanol–water partition coefficient (Wildman–Crippen LogP) is 1.81. The minimum Gasteiger partial charge on any atom is -0.398 e. The summed E-state index contributed by atoms with van der Waals surface area (Å²) in [7, 11) is -3.52. The fourth-order valence-corrected chi connectivity index (χ4v) is 3.74. The third kappa shape index (κ3) is 3.71. The van der Waals surface area contributed by atoms with Crippen LogP contribution in [0.2, 0.25) is 0 Å². The summed E-state index contributed by atoms with van der Waals surface area (Å²) in [4.78, 5) is 0.235. The van der Waals surface area contributed by atoms with Crippen LogP contribution < -0.4 is 10.5 Å². The average molecular weight is 298 g/mol. The van der Waals surface area contributed by atoms with Crippen LogP contribution in [0.25, 0.3) is 0 Å². The number of hydrogen-bond acceptors (Lipinski definition) is 4. The molecule has 20 heavy (non-hydrogen) atoms. The molecular formula is C14H22N2O3S. The zero-order valence-electron chi connectivity index (χ0n) is 11.8. The Morgan fingerprint density at radius 3 is 2.75 bits per heavy atom. The van der Waals surface area contributed by atoms with Gasteiger partial charge in [-0.15, -0.1) is 0 Å². The Balaban J connectivity index is 1.88. The number of nitrogens with one attached hydrogen (secondary N) is 1. The summed E-state index contributed by atoms with van der Waals surface area (Å²) in [6.07, 6.45) is 4.88. The molecule has 1 aliphatic carbocycles. The molecule has 0 atom stereocenters. The van der Waals surface area contributed by atoms with Crippen LogP contribution >= 0.6 is 0 Å². The van der Waals surface area contributed by atoms with Crippen LogP contribution in [0.4, 0.5) is 5.69 Å². The molecule has 0 heterocycles. The van der Waals surface area contributed by atoms with Crippen molar-refractivity contribution in [3.05, 3.63) is 23.8 Å². The molecular weight excluding hydrogens is 276 g/mol. The first-order chi connectivity index (χ1) is 9.50.